The van der Waals surface area contributed by atoms with Crippen LogP contribution in [0.15, 0.2) is 77.7 Å². The number of methoxy groups -OCH3 is 1. The van der Waals surface area contributed by atoms with Gasteiger partial charge < -0.3 is 15.0 Å². The number of carbonyl (C=O) groups is 1. The van der Waals surface area contributed by atoms with Crippen LogP contribution >= 0.6 is 11.6 Å². The first-order chi connectivity index (χ1) is 15.7. The van der Waals surface area contributed by atoms with Crippen LogP contribution in [0.1, 0.15) is 22.0 Å². The number of hydrogen-bond acceptors (Lipinski definition) is 5. The number of nitrogens with zero attached hydrogens (tertiary/aromatic N) is 1. The third-order valence-corrected chi connectivity index (χ3v) is 6.95. The highest BCUT2D eigenvalue weighted by Crippen LogP contribution is 2.26. The second kappa shape index (κ2) is 10.7. The number of amides is 1. The zero-order valence-electron chi connectivity index (χ0n) is 18.6. The van der Waals surface area contributed by atoms with E-state index in [1.165, 1.54) is 25.3 Å². The number of ether oxygens (including phenoxy) is 1. The second-order valence-corrected chi connectivity index (χ2v) is 9.64. The largest absolute Gasteiger partial charge is 0.497 e. The molecule has 7 nitrogen and oxygen atoms in total. The molecule has 1 amide bonds. The molecule has 0 aliphatic carbocycles. The van der Waals surface area contributed by atoms with Crippen LogP contribution in [0.5, 0.6) is 5.75 Å². The van der Waals surface area contributed by atoms with Crippen LogP contribution in [0, 0.1) is 0 Å². The van der Waals surface area contributed by atoms with E-state index in [2.05, 4.69) is 10.0 Å². The van der Waals surface area contributed by atoms with Gasteiger partial charge in [0.1, 0.15) is 10.6 Å². The molecular formula is C24H26ClN3O4S. The first-order valence-electron chi connectivity index (χ1n) is 10.2. The molecule has 2 N–H and O–H groups in total. The van der Waals surface area contributed by atoms with Crippen molar-refractivity contribution < 1.29 is 17.9 Å². The number of sulfonamides is 1. The monoisotopic (exact) mass is 487 g/mol. The highest BCUT2D eigenvalue weighted by Gasteiger charge is 2.21. The van der Waals surface area contributed by atoms with Crippen LogP contribution in [0.4, 0.5) is 5.69 Å². The molecule has 0 aliphatic heterocycles. The van der Waals surface area contributed by atoms with Gasteiger partial charge in [0.2, 0.25) is 0 Å². The third kappa shape index (κ3) is 6.25. The standard InChI is InChI=1S/C24H26ClN3O4S/c1-28(2)22(17-7-5-4-6-8-17)16-26-24(29)18-9-14-21(25)23(15-18)33(30,31)27-19-10-12-20(32-3)13-11-19/h4-15,22,27H,16H2,1-3H3,(H,26,29). The quantitative estimate of drug-likeness (QED) is 0.472. The number of halogens is 1. The van der Waals surface area contributed by atoms with E-state index in [9.17, 15) is 13.2 Å². The molecule has 0 fully saturated rings. The minimum Gasteiger partial charge on any atom is -0.497 e. The van der Waals surface area contributed by atoms with Crippen molar-refractivity contribution in [2.45, 2.75) is 10.9 Å². The Morgan fingerprint density at radius 3 is 2.30 bits per heavy atom. The lowest BCUT2D eigenvalue weighted by Gasteiger charge is -2.25. The molecule has 3 rings (SSSR count). The maximum Gasteiger partial charge on any atom is 0.263 e. The van der Waals surface area contributed by atoms with Gasteiger partial charge in [0, 0.05) is 17.8 Å². The highest BCUT2D eigenvalue weighted by atomic mass is 35.5. The van der Waals surface area contributed by atoms with Crippen molar-refractivity contribution in [3.63, 3.8) is 0 Å². The summed E-state index contributed by atoms with van der Waals surface area (Å²) in [4.78, 5) is 14.6. The van der Waals surface area contributed by atoms with Gasteiger partial charge >= 0.3 is 0 Å². The zero-order chi connectivity index (χ0) is 24.0. The van der Waals surface area contributed by atoms with E-state index in [1.54, 1.807) is 24.3 Å². The maximum atomic E-state index is 12.9. The Balaban J connectivity index is 1.77. The Bertz CT molecular complexity index is 1200. The Hall–Kier alpha value is -3.07. The van der Waals surface area contributed by atoms with Crippen LogP contribution in [0.25, 0.3) is 0 Å². The molecule has 33 heavy (non-hydrogen) atoms. The summed E-state index contributed by atoms with van der Waals surface area (Å²) >= 11 is 6.17. The van der Waals surface area contributed by atoms with E-state index >= 15 is 0 Å². The number of benzene rings is 3. The number of nitrogens with one attached hydrogen (secondary N) is 2. The molecule has 3 aromatic rings. The van der Waals surface area contributed by atoms with Gasteiger partial charge in [0.05, 0.1) is 18.2 Å². The molecule has 3 aromatic carbocycles. The predicted molar refractivity (Wildman–Crippen MR) is 130 cm³/mol. The van der Waals surface area contributed by atoms with Gasteiger partial charge in [-0.15, -0.1) is 0 Å². The number of likely N-dealkylation sites (N-methyl/N-ethyl adjacent to an activating group) is 1. The van der Waals surface area contributed by atoms with Crippen LogP contribution in [-0.4, -0.2) is 47.0 Å². The van der Waals surface area contributed by atoms with Crippen LogP contribution in [0.2, 0.25) is 5.02 Å². The molecule has 0 aliphatic rings. The Morgan fingerprint density at radius 2 is 1.70 bits per heavy atom. The van der Waals surface area contributed by atoms with Crippen molar-refractivity contribution in [3.8, 4) is 5.75 Å². The summed E-state index contributed by atoms with van der Waals surface area (Å²) in [5.41, 5.74) is 1.60. The predicted octanol–water partition coefficient (Wildman–Crippen LogP) is 4.18. The number of carbonyl (C=O) groups excluding carboxylic acids is 1. The molecule has 0 saturated carbocycles. The average molecular weight is 488 g/mol. The number of rotatable bonds is 9. The minimum absolute atomic E-state index is 0.0167. The molecule has 1 unspecified atom stereocenters. The van der Waals surface area contributed by atoms with Crippen molar-refractivity contribution in [1.82, 2.24) is 10.2 Å². The van der Waals surface area contributed by atoms with E-state index in [1.807, 2.05) is 49.3 Å². The Labute approximate surface area is 199 Å². The van der Waals surface area contributed by atoms with E-state index in [4.69, 9.17) is 16.3 Å². The van der Waals surface area contributed by atoms with Gasteiger partial charge in [-0.3, -0.25) is 9.52 Å². The first kappa shape index (κ1) is 24.6. The normalized spacial score (nSPS) is 12.3. The fraction of sp³-hybridized carbons (Fsp3) is 0.208. The molecule has 0 spiro atoms. The lowest BCUT2D eigenvalue weighted by atomic mass is 10.1. The van der Waals surface area contributed by atoms with Crippen LogP contribution < -0.4 is 14.8 Å². The van der Waals surface area contributed by atoms with Crippen LogP contribution in [0.3, 0.4) is 0 Å². The molecule has 0 bridgehead atoms. The molecular weight excluding hydrogens is 462 g/mol. The van der Waals surface area contributed by atoms with E-state index < -0.39 is 15.9 Å². The minimum atomic E-state index is -4.02. The van der Waals surface area contributed by atoms with Gasteiger partial charge in [0.15, 0.2) is 0 Å². The summed E-state index contributed by atoms with van der Waals surface area (Å²) in [7, 11) is 1.37. The van der Waals surface area contributed by atoms with Crippen molar-refractivity contribution in [2.75, 3.05) is 32.5 Å². The van der Waals surface area contributed by atoms with Crippen molar-refractivity contribution in [1.29, 1.82) is 0 Å². The fourth-order valence-corrected chi connectivity index (χ4v) is 4.87. The first-order valence-corrected chi connectivity index (χ1v) is 12.0. The molecule has 0 aromatic heterocycles. The summed E-state index contributed by atoms with van der Waals surface area (Å²) in [5.74, 6) is 0.205. The smallest absolute Gasteiger partial charge is 0.263 e. The van der Waals surface area contributed by atoms with Crippen LogP contribution in [-0.2, 0) is 10.0 Å². The van der Waals surface area contributed by atoms with Crippen molar-refractivity contribution in [3.05, 3.63) is 88.9 Å². The lowest BCUT2D eigenvalue weighted by Crippen LogP contribution is -2.34. The number of hydrogen-bond donors (Lipinski definition) is 2. The molecule has 1 atom stereocenters. The molecule has 174 valence electrons. The van der Waals surface area contributed by atoms with Gasteiger partial charge in [0.25, 0.3) is 15.9 Å². The van der Waals surface area contributed by atoms with E-state index in [0.717, 1.165) is 5.56 Å². The lowest BCUT2D eigenvalue weighted by molar-refractivity contribution is 0.0941. The average Bonchev–Trinajstić information content (AvgIpc) is 2.80. The maximum absolute atomic E-state index is 12.9. The summed E-state index contributed by atoms with van der Waals surface area (Å²) < 4.78 is 33.4. The van der Waals surface area contributed by atoms with Gasteiger partial charge in [-0.25, -0.2) is 8.42 Å². The van der Waals surface area contributed by atoms with Gasteiger partial charge in [-0.1, -0.05) is 41.9 Å². The molecule has 0 saturated heterocycles. The van der Waals surface area contributed by atoms with Crippen molar-refractivity contribution >= 4 is 33.2 Å². The van der Waals surface area contributed by atoms with Gasteiger partial charge in [-0.05, 0) is 62.1 Å². The van der Waals surface area contributed by atoms with E-state index in [0.29, 0.717) is 18.0 Å². The summed E-state index contributed by atoms with van der Waals surface area (Å²) in [6, 6.07) is 20.4. The third-order valence-electron chi connectivity index (χ3n) is 5.09. The Kier molecular flexibility index (Phi) is 7.97. The zero-order valence-corrected chi connectivity index (χ0v) is 20.2. The summed E-state index contributed by atoms with van der Waals surface area (Å²) in [6.07, 6.45) is 0. The molecule has 0 heterocycles. The van der Waals surface area contributed by atoms with Crippen molar-refractivity contribution in [2.24, 2.45) is 0 Å². The topological polar surface area (TPSA) is 87.7 Å². The second-order valence-electron chi connectivity index (χ2n) is 7.58. The van der Waals surface area contributed by atoms with Gasteiger partial charge in [-0.2, -0.15) is 0 Å². The molecule has 0 radical (unpaired) electrons. The highest BCUT2D eigenvalue weighted by molar-refractivity contribution is 7.92. The Morgan fingerprint density at radius 1 is 1.03 bits per heavy atom. The van der Waals surface area contributed by atoms with E-state index in [-0.39, 0.29) is 21.5 Å². The summed E-state index contributed by atoms with van der Waals surface area (Å²) in [6.45, 7) is 0.352. The summed E-state index contributed by atoms with van der Waals surface area (Å²) in [5, 5.41) is 2.90. The SMILES string of the molecule is COc1ccc(NS(=O)(=O)c2cc(C(=O)NCC(c3ccccc3)N(C)C)ccc2Cl)cc1. The molecule has 9 heteroatoms. The number of anilines is 1. The fourth-order valence-electron chi connectivity index (χ4n) is 3.28.